The number of hydrogen-bond donors (Lipinski definition) is 1. The fraction of sp³-hybridized carbons (Fsp3) is 0.133. The summed E-state index contributed by atoms with van der Waals surface area (Å²) in [5.41, 5.74) is 7.16. The fourth-order valence-electron chi connectivity index (χ4n) is 4.98. The maximum Gasteiger partial charge on any atom is 0.336 e. The molecule has 0 saturated carbocycles. The van der Waals surface area contributed by atoms with Crippen LogP contribution in [0, 0.1) is 0 Å². The van der Waals surface area contributed by atoms with E-state index in [9.17, 15) is 9.90 Å². The molecule has 0 aliphatic carbocycles. The Labute approximate surface area is 214 Å². The van der Waals surface area contributed by atoms with Crippen LogP contribution in [0.25, 0.3) is 39.5 Å². The third kappa shape index (κ3) is 4.19. The van der Waals surface area contributed by atoms with E-state index in [-0.39, 0.29) is 0 Å². The number of carboxylic acids is 1. The third-order valence-electron chi connectivity index (χ3n) is 6.78. The quantitative estimate of drug-likeness (QED) is 0.350. The zero-order valence-corrected chi connectivity index (χ0v) is 20.4. The largest absolute Gasteiger partial charge is 0.478 e. The number of aromatic nitrogens is 4. The molecule has 0 unspecified atom stereocenters. The molecule has 0 amide bonds. The van der Waals surface area contributed by atoms with E-state index in [4.69, 9.17) is 10.1 Å². The summed E-state index contributed by atoms with van der Waals surface area (Å²) in [6, 6.07) is 21.3. The van der Waals surface area contributed by atoms with E-state index in [1.54, 1.807) is 12.4 Å². The van der Waals surface area contributed by atoms with Gasteiger partial charge in [-0.1, -0.05) is 43.3 Å². The van der Waals surface area contributed by atoms with Gasteiger partial charge in [0.1, 0.15) is 5.69 Å². The van der Waals surface area contributed by atoms with Gasteiger partial charge in [0.2, 0.25) is 0 Å². The molecule has 0 bridgehead atoms. The van der Waals surface area contributed by atoms with Crippen molar-refractivity contribution in [2.75, 3.05) is 13.1 Å². The highest BCUT2D eigenvalue weighted by molar-refractivity contribution is 6.06. The zero-order valence-electron chi connectivity index (χ0n) is 20.4. The molecule has 2 aromatic carbocycles. The standard InChI is InChI=1S/C30H25N5O2/c1-2-34-17-21(29-25(19-34)27(30(36)37)24-10-6-7-11-26(24)32-29)16-22-18-35(23-8-4-3-5-9-23)33-28(22)20-12-14-31-15-13-20/h3-16,18H,2,17,19H2,1H3,(H,36,37)/b21-16-. The van der Waals surface area contributed by atoms with Crippen LogP contribution in [0.15, 0.2) is 85.3 Å². The van der Waals surface area contributed by atoms with Gasteiger partial charge in [-0.2, -0.15) is 5.10 Å². The first-order valence-electron chi connectivity index (χ1n) is 12.3. The summed E-state index contributed by atoms with van der Waals surface area (Å²) in [6.45, 7) is 4.10. The van der Waals surface area contributed by atoms with Gasteiger partial charge in [-0.15, -0.1) is 0 Å². The first-order chi connectivity index (χ1) is 18.1. The summed E-state index contributed by atoms with van der Waals surface area (Å²) in [5.74, 6) is -0.929. The number of nitrogens with zero attached hydrogens (tertiary/aromatic N) is 5. The summed E-state index contributed by atoms with van der Waals surface area (Å²) in [5, 5.41) is 15.8. The number of para-hydroxylation sites is 2. The maximum absolute atomic E-state index is 12.5. The first-order valence-corrected chi connectivity index (χ1v) is 12.3. The van der Waals surface area contributed by atoms with Crippen LogP contribution in [0.3, 0.4) is 0 Å². The Kier molecular flexibility index (Phi) is 5.82. The van der Waals surface area contributed by atoms with E-state index in [2.05, 4.69) is 22.9 Å². The minimum atomic E-state index is -0.929. The highest BCUT2D eigenvalue weighted by atomic mass is 16.4. The molecule has 0 saturated heterocycles. The Morgan fingerprint density at radius 2 is 1.73 bits per heavy atom. The molecule has 7 nitrogen and oxygen atoms in total. The molecule has 1 N–H and O–H groups in total. The van der Waals surface area contributed by atoms with E-state index in [0.29, 0.717) is 29.6 Å². The number of benzene rings is 2. The van der Waals surface area contributed by atoms with Crippen LogP contribution in [0.1, 0.15) is 34.1 Å². The monoisotopic (exact) mass is 487 g/mol. The topological polar surface area (TPSA) is 84.1 Å². The summed E-state index contributed by atoms with van der Waals surface area (Å²) < 4.78 is 1.87. The highest BCUT2D eigenvalue weighted by Crippen LogP contribution is 2.35. The van der Waals surface area contributed by atoms with E-state index in [1.165, 1.54) is 0 Å². The van der Waals surface area contributed by atoms with Gasteiger partial charge >= 0.3 is 5.97 Å². The van der Waals surface area contributed by atoms with Gasteiger partial charge in [0.05, 0.1) is 22.5 Å². The van der Waals surface area contributed by atoms with Gasteiger partial charge in [0, 0.05) is 53.8 Å². The van der Waals surface area contributed by atoms with Crippen molar-refractivity contribution in [1.82, 2.24) is 24.6 Å². The van der Waals surface area contributed by atoms with Crippen molar-refractivity contribution in [2.45, 2.75) is 13.5 Å². The second-order valence-electron chi connectivity index (χ2n) is 9.06. The fourth-order valence-corrected chi connectivity index (χ4v) is 4.98. The van der Waals surface area contributed by atoms with E-state index < -0.39 is 5.97 Å². The second kappa shape index (κ2) is 9.44. The lowest BCUT2D eigenvalue weighted by atomic mass is 9.92. The Hall–Kier alpha value is -4.62. The number of carbonyl (C=O) groups is 1. The van der Waals surface area contributed by atoms with Crippen molar-refractivity contribution in [3.63, 3.8) is 0 Å². The molecular formula is C30H25N5O2. The number of fused-ring (bicyclic) bond motifs is 2. The number of aromatic carboxylic acids is 1. The minimum Gasteiger partial charge on any atom is -0.478 e. The summed E-state index contributed by atoms with van der Waals surface area (Å²) >= 11 is 0. The van der Waals surface area contributed by atoms with Crippen molar-refractivity contribution in [3.8, 4) is 16.9 Å². The van der Waals surface area contributed by atoms with E-state index in [0.717, 1.165) is 45.9 Å². The Morgan fingerprint density at radius 3 is 2.49 bits per heavy atom. The molecule has 0 atom stereocenters. The lowest BCUT2D eigenvalue weighted by Gasteiger charge is -2.30. The molecule has 0 spiro atoms. The Bertz CT molecular complexity index is 1640. The number of likely N-dealkylation sites (N-methyl/N-ethyl adjacent to an activating group) is 1. The number of hydrogen-bond acceptors (Lipinski definition) is 5. The van der Waals surface area contributed by atoms with Gasteiger partial charge in [-0.3, -0.25) is 9.88 Å². The van der Waals surface area contributed by atoms with Crippen LogP contribution in [-0.2, 0) is 6.54 Å². The van der Waals surface area contributed by atoms with Crippen LogP contribution in [0.2, 0.25) is 0 Å². The summed E-state index contributed by atoms with van der Waals surface area (Å²) in [6.07, 6.45) is 7.64. The lowest BCUT2D eigenvalue weighted by Crippen LogP contribution is -2.31. The second-order valence-corrected chi connectivity index (χ2v) is 9.06. The molecule has 182 valence electrons. The zero-order chi connectivity index (χ0) is 25.4. The molecule has 1 aliphatic heterocycles. The van der Waals surface area contributed by atoms with Gasteiger partial charge in [-0.05, 0) is 48.5 Å². The van der Waals surface area contributed by atoms with Crippen LogP contribution in [0.5, 0.6) is 0 Å². The highest BCUT2D eigenvalue weighted by Gasteiger charge is 2.28. The van der Waals surface area contributed by atoms with Crippen LogP contribution in [-0.4, -0.2) is 48.8 Å². The maximum atomic E-state index is 12.5. The third-order valence-corrected chi connectivity index (χ3v) is 6.78. The van der Waals surface area contributed by atoms with Crippen LogP contribution >= 0.6 is 0 Å². The normalized spacial score (nSPS) is 14.7. The SMILES string of the molecule is CCN1C/C(=C/c2cn(-c3ccccc3)nc2-c2ccncc2)c2nc3ccccc3c(C(=O)O)c2C1. The number of carboxylic acid groups (broad SMARTS) is 1. The molecule has 3 aromatic heterocycles. The molecule has 37 heavy (non-hydrogen) atoms. The van der Waals surface area contributed by atoms with Crippen LogP contribution in [0.4, 0.5) is 0 Å². The Morgan fingerprint density at radius 1 is 0.973 bits per heavy atom. The number of rotatable bonds is 5. The molecule has 0 radical (unpaired) electrons. The van der Waals surface area contributed by atoms with Crippen molar-refractivity contribution in [1.29, 1.82) is 0 Å². The van der Waals surface area contributed by atoms with Crippen molar-refractivity contribution >= 4 is 28.5 Å². The average Bonchev–Trinajstić information content (AvgIpc) is 3.36. The van der Waals surface area contributed by atoms with E-state index >= 15 is 0 Å². The van der Waals surface area contributed by atoms with Crippen LogP contribution < -0.4 is 0 Å². The molecule has 5 aromatic rings. The minimum absolute atomic E-state index is 0.332. The van der Waals surface area contributed by atoms with E-state index in [1.807, 2.05) is 77.6 Å². The molecule has 6 rings (SSSR count). The summed E-state index contributed by atoms with van der Waals surface area (Å²) in [4.78, 5) is 23.8. The Balaban J connectivity index is 1.59. The van der Waals surface area contributed by atoms with Crippen molar-refractivity contribution < 1.29 is 9.90 Å². The molecule has 0 fully saturated rings. The number of pyridine rings is 2. The van der Waals surface area contributed by atoms with Crippen molar-refractivity contribution in [2.24, 2.45) is 0 Å². The average molecular weight is 488 g/mol. The predicted octanol–water partition coefficient (Wildman–Crippen LogP) is 5.56. The van der Waals surface area contributed by atoms with Gasteiger partial charge in [-0.25, -0.2) is 14.5 Å². The van der Waals surface area contributed by atoms with Crippen molar-refractivity contribution in [3.05, 3.63) is 108 Å². The molecule has 1 aliphatic rings. The first kappa shape index (κ1) is 22.8. The molecule has 4 heterocycles. The molecular weight excluding hydrogens is 462 g/mol. The molecule has 7 heteroatoms. The van der Waals surface area contributed by atoms with Gasteiger partial charge in [0.15, 0.2) is 0 Å². The summed E-state index contributed by atoms with van der Waals surface area (Å²) in [7, 11) is 0. The van der Waals surface area contributed by atoms with Gasteiger partial charge in [0.25, 0.3) is 0 Å². The lowest BCUT2D eigenvalue weighted by molar-refractivity contribution is 0.0696. The predicted molar refractivity (Wildman–Crippen MR) is 144 cm³/mol. The van der Waals surface area contributed by atoms with Gasteiger partial charge < -0.3 is 5.11 Å². The smallest absolute Gasteiger partial charge is 0.336 e.